The fourth-order valence-corrected chi connectivity index (χ4v) is 7.91. The highest BCUT2D eigenvalue weighted by molar-refractivity contribution is 7.91. The number of ether oxygens (including phenoxy) is 2. The van der Waals surface area contributed by atoms with Gasteiger partial charge in [0, 0.05) is 25.4 Å². The van der Waals surface area contributed by atoms with Crippen LogP contribution >= 0.6 is 0 Å². The van der Waals surface area contributed by atoms with Gasteiger partial charge in [0.25, 0.3) is 5.91 Å². The topological polar surface area (TPSA) is 181 Å². The number of sulfonamides is 1. The number of alkyl carbamates (subject to hydrolysis) is 1. The molecule has 3 fully saturated rings. The molecule has 51 heavy (non-hydrogen) atoms. The van der Waals surface area contributed by atoms with Gasteiger partial charge in [0.05, 0.1) is 11.3 Å². The molecule has 0 bridgehead atoms. The summed E-state index contributed by atoms with van der Waals surface area (Å²) in [6.45, 7) is 16.3. The second-order valence-corrected chi connectivity index (χ2v) is 18.7. The maximum Gasteiger partial charge on any atom is 0.410 e. The zero-order chi connectivity index (χ0) is 37.7. The molecular weight excluding hydrogens is 678 g/mol. The van der Waals surface area contributed by atoms with Crippen LogP contribution in [0.25, 0.3) is 0 Å². The van der Waals surface area contributed by atoms with Gasteiger partial charge in [-0.05, 0) is 69.9 Å². The highest BCUT2D eigenvalue weighted by atomic mass is 32.2. The normalized spacial score (nSPS) is 25.8. The highest BCUT2D eigenvalue weighted by Crippen LogP contribution is 2.47. The van der Waals surface area contributed by atoms with E-state index in [2.05, 4.69) is 21.9 Å². The maximum absolute atomic E-state index is 14.4. The minimum Gasteiger partial charge on any atom is -0.444 e. The van der Waals surface area contributed by atoms with E-state index in [0.717, 1.165) is 11.1 Å². The van der Waals surface area contributed by atoms with Crippen LogP contribution in [-0.4, -0.2) is 95.3 Å². The van der Waals surface area contributed by atoms with Crippen molar-refractivity contribution in [3.8, 4) is 0 Å². The minimum absolute atomic E-state index is 0.0934. The Morgan fingerprint density at radius 3 is 2.25 bits per heavy atom. The molecule has 0 spiro atoms. The van der Waals surface area contributed by atoms with Crippen LogP contribution in [0.3, 0.4) is 0 Å². The van der Waals surface area contributed by atoms with Gasteiger partial charge in [-0.1, -0.05) is 51.1 Å². The smallest absolute Gasteiger partial charge is 0.410 e. The van der Waals surface area contributed by atoms with Crippen molar-refractivity contribution in [2.24, 2.45) is 11.3 Å². The van der Waals surface area contributed by atoms with Crippen molar-refractivity contribution in [3.63, 3.8) is 0 Å². The summed E-state index contributed by atoms with van der Waals surface area (Å²) >= 11 is 0. The number of carbonyl (C=O) groups is 5. The molecule has 0 radical (unpaired) electrons. The fourth-order valence-electron chi connectivity index (χ4n) is 6.60. The lowest BCUT2D eigenvalue weighted by atomic mass is 9.85. The summed E-state index contributed by atoms with van der Waals surface area (Å²) in [5.74, 6) is -2.77. The van der Waals surface area contributed by atoms with Crippen LogP contribution in [0.5, 0.6) is 0 Å². The number of hydrogen-bond donors (Lipinski definition) is 3. The lowest BCUT2D eigenvalue weighted by Gasteiger charge is -2.36. The molecule has 2 saturated carbocycles. The Morgan fingerprint density at radius 2 is 1.69 bits per heavy atom. The number of hydrogen-bond acceptors (Lipinski definition) is 9. The van der Waals surface area contributed by atoms with Gasteiger partial charge < -0.3 is 29.9 Å². The average molecular weight is 730 g/mol. The molecule has 2 aliphatic carbocycles. The molecule has 1 unspecified atom stereocenters. The molecule has 2 aliphatic heterocycles. The third-order valence-corrected chi connectivity index (χ3v) is 12.3. The van der Waals surface area contributed by atoms with Crippen molar-refractivity contribution >= 4 is 39.9 Å². The first kappa shape index (κ1) is 38.1. The number of nitrogens with one attached hydrogen (secondary N) is 3. The molecule has 5 amide bonds. The number of amides is 5. The second-order valence-electron chi connectivity index (χ2n) is 16.5. The molecule has 5 atom stereocenters. The van der Waals surface area contributed by atoms with Crippen molar-refractivity contribution in [1.29, 1.82) is 0 Å². The van der Waals surface area contributed by atoms with E-state index in [1.54, 1.807) is 53.4 Å². The Labute approximate surface area is 300 Å². The van der Waals surface area contributed by atoms with Gasteiger partial charge in [-0.3, -0.25) is 19.1 Å². The monoisotopic (exact) mass is 729 g/mol. The third kappa shape index (κ3) is 8.18. The molecule has 15 heteroatoms. The fraction of sp³-hybridized carbons (Fsp3) is 0.639. The minimum atomic E-state index is -4.01. The maximum atomic E-state index is 14.4. The van der Waals surface area contributed by atoms with E-state index in [-0.39, 0.29) is 19.4 Å². The Balaban J connectivity index is 1.38. The largest absolute Gasteiger partial charge is 0.444 e. The summed E-state index contributed by atoms with van der Waals surface area (Å²) in [6.07, 6.45) is 0.660. The van der Waals surface area contributed by atoms with Crippen LogP contribution in [0.15, 0.2) is 36.9 Å². The first-order valence-corrected chi connectivity index (χ1v) is 18.9. The number of carbonyl (C=O) groups excluding carboxylic acids is 5. The molecule has 14 nitrogen and oxygen atoms in total. The zero-order valence-electron chi connectivity index (χ0n) is 30.5. The predicted octanol–water partition coefficient (Wildman–Crippen LogP) is 3.15. The summed E-state index contributed by atoms with van der Waals surface area (Å²) in [7, 11) is -4.01. The van der Waals surface area contributed by atoms with E-state index in [0.29, 0.717) is 32.4 Å². The quantitative estimate of drug-likeness (QED) is 0.322. The lowest BCUT2D eigenvalue weighted by Crippen LogP contribution is -2.60. The van der Waals surface area contributed by atoms with E-state index >= 15 is 0 Å². The van der Waals surface area contributed by atoms with Gasteiger partial charge >= 0.3 is 12.2 Å². The predicted molar refractivity (Wildman–Crippen MR) is 187 cm³/mol. The van der Waals surface area contributed by atoms with E-state index in [1.165, 1.54) is 11.0 Å². The van der Waals surface area contributed by atoms with Crippen LogP contribution in [0.1, 0.15) is 85.3 Å². The van der Waals surface area contributed by atoms with Crippen LogP contribution in [0, 0.1) is 11.3 Å². The van der Waals surface area contributed by atoms with Crippen LogP contribution in [-0.2, 0) is 46.8 Å². The van der Waals surface area contributed by atoms with Gasteiger partial charge in [0.2, 0.25) is 21.8 Å². The Hall–Kier alpha value is -4.14. The Morgan fingerprint density at radius 1 is 1.04 bits per heavy atom. The molecule has 1 aromatic carbocycles. The molecule has 280 valence electrons. The Kier molecular flexibility index (Phi) is 10.0. The zero-order valence-corrected chi connectivity index (χ0v) is 31.4. The van der Waals surface area contributed by atoms with E-state index in [4.69, 9.17) is 9.47 Å². The molecule has 1 saturated heterocycles. The third-order valence-electron chi connectivity index (χ3n) is 10.2. The van der Waals surface area contributed by atoms with Gasteiger partial charge in [0.1, 0.15) is 29.3 Å². The molecule has 4 aliphatic rings. The van der Waals surface area contributed by atoms with Crippen LogP contribution in [0.2, 0.25) is 0 Å². The van der Waals surface area contributed by atoms with Crippen molar-refractivity contribution < 1.29 is 41.9 Å². The summed E-state index contributed by atoms with van der Waals surface area (Å²) in [5, 5.41) is 5.41. The van der Waals surface area contributed by atoms with Crippen LogP contribution in [0.4, 0.5) is 9.59 Å². The van der Waals surface area contributed by atoms with Gasteiger partial charge in [-0.25, -0.2) is 18.0 Å². The molecule has 2 heterocycles. The number of rotatable bonds is 9. The first-order valence-electron chi connectivity index (χ1n) is 17.4. The van der Waals surface area contributed by atoms with Crippen molar-refractivity contribution in [2.75, 3.05) is 13.1 Å². The van der Waals surface area contributed by atoms with Crippen LogP contribution < -0.4 is 15.4 Å². The van der Waals surface area contributed by atoms with Crippen molar-refractivity contribution in [1.82, 2.24) is 25.2 Å². The second kappa shape index (κ2) is 13.4. The average Bonchev–Trinajstić information content (AvgIpc) is 3.92. The standard InChI is InChI=1S/C36H51N5O9S/c1-9-24-19-36(24,30(44)39-51(47,48)35(8)15-16-35)38-28(42)26-18-25(49-32(46)40-17-14-22-12-10-11-13-23(22)20-40)21-41(26)29(43)27(33(2,3)4)37-31(45)50-34(5,6)7/h9-13,24-27H,1,14-21H2,2-8H3,(H,37,45)(H,38,42)(H,39,44)/t24?,25-,26+,27-,36-/m1/s1. The van der Waals surface area contributed by atoms with E-state index in [9.17, 15) is 32.4 Å². The first-order chi connectivity index (χ1) is 23.6. The summed E-state index contributed by atoms with van der Waals surface area (Å²) in [6, 6.07) is 5.44. The molecule has 3 N–H and O–H groups in total. The lowest BCUT2D eigenvalue weighted by molar-refractivity contribution is -0.143. The molecule has 5 rings (SSSR count). The SMILES string of the molecule is C=CC1C[C@]1(NC(=O)[C@@H]1C[C@@H](OC(=O)N2CCc3ccccc3C2)CN1C(=O)[C@@H](NC(=O)OC(C)(C)C)C(C)(C)C)C(=O)NS(=O)(=O)C1(C)CC1. The number of nitrogens with zero attached hydrogens (tertiary/aromatic N) is 2. The van der Waals surface area contributed by atoms with Crippen molar-refractivity contribution in [3.05, 3.63) is 48.0 Å². The van der Waals surface area contributed by atoms with Gasteiger partial charge in [-0.2, -0.15) is 0 Å². The number of benzene rings is 1. The Bertz CT molecular complexity index is 1710. The number of likely N-dealkylation sites (tertiary alicyclic amines) is 1. The summed E-state index contributed by atoms with van der Waals surface area (Å²) in [4.78, 5) is 71.2. The van der Waals surface area contributed by atoms with Crippen molar-refractivity contribution in [2.45, 2.75) is 121 Å². The van der Waals surface area contributed by atoms with E-state index in [1.807, 2.05) is 24.3 Å². The molecule has 1 aromatic rings. The number of fused-ring (bicyclic) bond motifs is 1. The van der Waals surface area contributed by atoms with E-state index < -0.39 is 85.3 Å². The van der Waals surface area contributed by atoms with Gasteiger partial charge in [-0.15, -0.1) is 6.58 Å². The summed E-state index contributed by atoms with van der Waals surface area (Å²) < 4.78 is 38.3. The molecule has 0 aromatic heterocycles. The summed E-state index contributed by atoms with van der Waals surface area (Å²) in [5.41, 5.74) is -1.13. The van der Waals surface area contributed by atoms with Gasteiger partial charge in [0.15, 0.2) is 0 Å². The highest BCUT2D eigenvalue weighted by Gasteiger charge is 2.63. The molecular formula is C36H51N5O9S.